The number of methoxy groups -OCH3 is 2. The van der Waals surface area contributed by atoms with Crippen molar-refractivity contribution in [2.45, 2.75) is 6.36 Å². The standard InChI is InChI=1S/C21H16F3N3O3/c1-28-19-8-7-13(9-20(19)29-2)27-12-26-16-11-25-15(10-17(16)27)14-5-3-4-6-18(14)30-21(22,23)24/h3-12H,1-2H3. The Hall–Kier alpha value is -3.75. The molecule has 4 rings (SSSR count). The zero-order valence-electron chi connectivity index (χ0n) is 16.0. The molecule has 0 saturated carbocycles. The first-order valence-corrected chi connectivity index (χ1v) is 8.80. The minimum absolute atomic E-state index is 0.219. The van der Waals surface area contributed by atoms with Crippen LogP contribution in [-0.2, 0) is 0 Å². The van der Waals surface area contributed by atoms with E-state index in [-0.39, 0.29) is 11.3 Å². The first-order valence-electron chi connectivity index (χ1n) is 8.80. The van der Waals surface area contributed by atoms with Gasteiger partial charge in [-0.3, -0.25) is 9.55 Å². The number of imidazole rings is 1. The van der Waals surface area contributed by atoms with Gasteiger partial charge in [0.05, 0.1) is 37.3 Å². The Morgan fingerprint density at radius 1 is 0.867 bits per heavy atom. The number of halogens is 3. The first kappa shape index (κ1) is 19.6. The molecule has 0 aliphatic heterocycles. The Bertz CT molecular complexity index is 1210. The van der Waals surface area contributed by atoms with Crippen molar-refractivity contribution in [3.8, 4) is 34.2 Å². The van der Waals surface area contributed by atoms with Crippen LogP contribution in [0.15, 0.2) is 61.1 Å². The molecule has 2 heterocycles. The van der Waals surface area contributed by atoms with Gasteiger partial charge in [-0.2, -0.15) is 0 Å². The summed E-state index contributed by atoms with van der Waals surface area (Å²) in [5, 5.41) is 0. The van der Waals surface area contributed by atoms with Gasteiger partial charge in [-0.15, -0.1) is 13.2 Å². The molecule has 6 nitrogen and oxygen atoms in total. The van der Waals surface area contributed by atoms with Gasteiger partial charge in [0.15, 0.2) is 11.5 Å². The zero-order chi connectivity index (χ0) is 21.3. The van der Waals surface area contributed by atoms with Gasteiger partial charge in [0.2, 0.25) is 0 Å². The minimum atomic E-state index is -4.80. The topological polar surface area (TPSA) is 58.4 Å². The van der Waals surface area contributed by atoms with Gasteiger partial charge in [0, 0.05) is 11.6 Å². The predicted octanol–water partition coefficient (Wildman–Crippen LogP) is 5.00. The quantitative estimate of drug-likeness (QED) is 0.459. The van der Waals surface area contributed by atoms with Crippen LogP contribution in [0, 0.1) is 0 Å². The number of nitrogens with zero attached hydrogens (tertiary/aromatic N) is 3. The third-order valence-electron chi connectivity index (χ3n) is 4.47. The molecule has 0 aliphatic carbocycles. The van der Waals surface area contributed by atoms with Crippen LogP contribution in [0.4, 0.5) is 13.2 Å². The summed E-state index contributed by atoms with van der Waals surface area (Å²) in [7, 11) is 3.08. The summed E-state index contributed by atoms with van der Waals surface area (Å²) in [5.41, 5.74) is 2.53. The Balaban J connectivity index is 1.82. The summed E-state index contributed by atoms with van der Waals surface area (Å²) < 4.78 is 54.9. The van der Waals surface area contributed by atoms with Crippen LogP contribution in [0.5, 0.6) is 17.2 Å². The second-order valence-corrected chi connectivity index (χ2v) is 6.26. The lowest BCUT2D eigenvalue weighted by Gasteiger charge is -2.13. The summed E-state index contributed by atoms with van der Waals surface area (Å²) in [6.45, 7) is 0. The Kier molecular flexibility index (Phi) is 4.94. The maximum absolute atomic E-state index is 12.8. The van der Waals surface area contributed by atoms with E-state index in [0.29, 0.717) is 28.2 Å². The number of ether oxygens (including phenoxy) is 3. The molecule has 0 saturated heterocycles. The van der Waals surface area contributed by atoms with Gasteiger partial charge in [-0.25, -0.2) is 4.98 Å². The van der Waals surface area contributed by atoms with Crippen LogP contribution in [0.3, 0.4) is 0 Å². The molecule has 2 aromatic heterocycles. The number of alkyl halides is 3. The fourth-order valence-electron chi connectivity index (χ4n) is 3.13. The van der Waals surface area contributed by atoms with Crippen LogP contribution < -0.4 is 14.2 Å². The highest BCUT2D eigenvalue weighted by atomic mass is 19.4. The molecule has 0 N–H and O–H groups in total. The smallest absolute Gasteiger partial charge is 0.493 e. The zero-order valence-corrected chi connectivity index (χ0v) is 16.0. The summed E-state index contributed by atoms with van der Waals surface area (Å²) in [4.78, 5) is 8.59. The van der Waals surface area contributed by atoms with Crippen LogP contribution in [0.1, 0.15) is 0 Å². The number of rotatable bonds is 5. The van der Waals surface area contributed by atoms with E-state index in [1.807, 2.05) is 6.07 Å². The number of para-hydroxylation sites is 1. The Labute approximate surface area is 169 Å². The molecule has 0 bridgehead atoms. The lowest BCUT2D eigenvalue weighted by molar-refractivity contribution is -0.274. The van der Waals surface area contributed by atoms with Gasteiger partial charge in [-0.1, -0.05) is 12.1 Å². The van der Waals surface area contributed by atoms with Gasteiger partial charge in [-0.05, 0) is 30.3 Å². The molecule has 2 aromatic carbocycles. The van der Waals surface area contributed by atoms with E-state index >= 15 is 0 Å². The lowest BCUT2D eigenvalue weighted by atomic mass is 10.1. The van der Waals surface area contributed by atoms with Crippen molar-refractivity contribution in [1.82, 2.24) is 14.5 Å². The minimum Gasteiger partial charge on any atom is -0.493 e. The number of hydrogen-bond donors (Lipinski definition) is 0. The second-order valence-electron chi connectivity index (χ2n) is 6.26. The van der Waals surface area contributed by atoms with E-state index in [9.17, 15) is 13.2 Å². The van der Waals surface area contributed by atoms with Gasteiger partial charge < -0.3 is 14.2 Å². The molecular weight excluding hydrogens is 399 g/mol. The molecule has 0 fully saturated rings. The molecule has 0 unspecified atom stereocenters. The molecule has 0 atom stereocenters. The van der Waals surface area contributed by atoms with Gasteiger partial charge >= 0.3 is 6.36 Å². The van der Waals surface area contributed by atoms with Crippen molar-refractivity contribution in [3.05, 3.63) is 61.1 Å². The van der Waals surface area contributed by atoms with E-state index in [2.05, 4.69) is 14.7 Å². The van der Waals surface area contributed by atoms with E-state index in [1.54, 1.807) is 42.3 Å². The molecular formula is C21H16F3N3O3. The Morgan fingerprint density at radius 3 is 2.37 bits per heavy atom. The normalized spacial score (nSPS) is 11.5. The number of hydrogen-bond acceptors (Lipinski definition) is 5. The SMILES string of the molecule is COc1ccc(-n2cnc3cnc(-c4ccccc4OC(F)(F)F)cc32)cc1OC. The number of pyridine rings is 1. The molecule has 0 aliphatic rings. The highest BCUT2D eigenvalue weighted by Gasteiger charge is 2.32. The second kappa shape index (κ2) is 7.58. The molecule has 154 valence electrons. The lowest BCUT2D eigenvalue weighted by Crippen LogP contribution is -2.17. The summed E-state index contributed by atoms with van der Waals surface area (Å²) in [6, 6.07) is 12.9. The van der Waals surface area contributed by atoms with Gasteiger partial charge in [0.1, 0.15) is 17.6 Å². The summed E-state index contributed by atoms with van der Waals surface area (Å²) in [6.07, 6.45) is -1.69. The van der Waals surface area contributed by atoms with Crippen LogP contribution in [0.2, 0.25) is 0 Å². The van der Waals surface area contributed by atoms with Crippen molar-refractivity contribution >= 4 is 11.0 Å². The fraction of sp³-hybridized carbons (Fsp3) is 0.143. The maximum Gasteiger partial charge on any atom is 0.573 e. The Morgan fingerprint density at radius 2 is 1.63 bits per heavy atom. The van der Waals surface area contributed by atoms with Crippen molar-refractivity contribution in [2.24, 2.45) is 0 Å². The fourth-order valence-corrected chi connectivity index (χ4v) is 3.13. The third-order valence-corrected chi connectivity index (χ3v) is 4.47. The predicted molar refractivity (Wildman–Crippen MR) is 104 cm³/mol. The largest absolute Gasteiger partial charge is 0.573 e. The highest BCUT2D eigenvalue weighted by molar-refractivity contribution is 5.82. The molecule has 30 heavy (non-hydrogen) atoms. The molecule has 0 radical (unpaired) electrons. The van der Waals surface area contributed by atoms with Crippen molar-refractivity contribution in [3.63, 3.8) is 0 Å². The van der Waals surface area contributed by atoms with Crippen molar-refractivity contribution < 1.29 is 27.4 Å². The maximum atomic E-state index is 12.8. The van der Waals surface area contributed by atoms with E-state index in [0.717, 1.165) is 5.69 Å². The monoisotopic (exact) mass is 415 g/mol. The number of aromatic nitrogens is 3. The third kappa shape index (κ3) is 3.73. The molecule has 9 heteroatoms. The van der Waals surface area contributed by atoms with Crippen LogP contribution in [-0.4, -0.2) is 35.1 Å². The highest BCUT2D eigenvalue weighted by Crippen LogP contribution is 2.35. The van der Waals surface area contributed by atoms with E-state index < -0.39 is 6.36 Å². The van der Waals surface area contributed by atoms with E-state index in [4.69, 9.17) is 9.47 Å². The average Bonchev–Trinajstić information content (AvgIpc) is 3.15. The van der Waals surface area contributed by atoms with Crippen LogP contribution in [0.25, 0.3) is 28.0 Å². The van der Waals surface area contributed by atoms with Gasteiger partial charge in [0.25, 0.3) is 0 Å². The molecule has 0 spiro atoms. The van der Waals surface area contributed by atoms with Crippen LogP contribution >= 0.6 is 0 Å². The summed E-state index contributed by atoms with van der Waals surface area (Å²) >= 11 is 0. The van der Waals surface area contributed by atoms with Crippen molar-refractivity contribution in [2.75, 3.05) is 14.2 Å². The number of benzene rings is 2. The summed E-state index contributed by atoms with van der Waals surface area (Å²) in [5.74, 6) is 0.787. The average molecular weight is 415 g/mol. The van der Waals surface area contributed by atoms with E-state index in [1.165, 1.54) is 31.5 Å². The number of fused-ring (bicyclic) bond motifs is 1. The first-order chi connectivity index (χ1) is 14.4. The molecule has 0 amide bonds. The molecule has 4 aromatic rings. The van der Waals surface area contributed by atoms with Crippen molar-refractivity contribution in [1.29, 1.82) is 0 Å².